The van der Waals surface area contributed by atoms with Gasteiger partial charge in [0, 0.05) is 19.3 Å². The molecule has 1 heterocycles. The maximum absolute atomic E-state index is 5.73. The molecule has 1 rings (SSSR count). The van der Waals surface area contributed by atoms with Gasteiger partial charge in [-0.15, -0.1) is 0 Å². The maximum atomic E-state index is 5.73. The first kappa shape index (κ1) is 13.1. The van der Waals surface area contributed by atoms with E-state index in [0.717, 1.165) is 18.8 Å². The van der Waals surface area contributed by atoms with Crippen LogP contribution in [0.3, 0.4) is 0 Å². The van der Waals surface area contributed by atoms with Crippen molar-refractivity contribution in [2.24, 2.45) is 11.1 Å². The largest absolute Gasteiger partial charge is 0.330 e. The van der Waals surface area contributed by atoms with Gasteiger partial charge in [0.05, 0.1) is 5.69 Å². The lowest BCUT2D eigenvalue weighted by atomic mass is 9.93. The highest BCUT2D eigenvalue weighted by Gasteiger charge is 2.18. The molecule has 0 radical (unpaired) electrons. The number of hydrogen-bond donors (Lipinski definition) is 1. The molecule has 0 saturated heterocycles. The molecule has 3 heteroatoms. The van der Waals surface area contributed by atoms with E-state index in [9.17, 15) is 0 Å². The topological polar surface area (TPSA) is 42.1 Å². The molecule has 0 bridgehead atoms. The molecule has 2 N–H and O–H groups in total. The van der Waals surface area contributed by atoms with Crippen molar-refractivity contribution in [3.8, 4) is 0 Å². The summed E-state index contributed by atoms with van der Waals surface area (Å²) in [5, 5.41) is 0. The second-order valence-corrected chi connectivity index (χ2v) is 5.37. The van der Waals surface area contributed by atoms with Gasteiger partial charge in [-0.3, -0.25) is 9.88 Å². The Bertz CT molecular complexity index is 316. The van der Waals surface area contributed by atoms with Gasteiger partial charge in [0.1, 0.15) is 0 Å². The van der Waals surface area contributed by atoms with Crippen LogP contribution in [0, 0.1) is 12.3 Å². The van der Waals surface area contributed by atoms with Gasteiger partial charge in [0.15, 0.2) is 0 Å². The van der Waals surface area contributed by atoms with Crippen LogP contribution in [-0.4, -0.2) is 30.0 Å². The molecule has 0 fully saturated rings. The summed E-state index contributed by atoms with van der Waals surface area (Å²) in [5.41, 5.74) is 8.21. The fourth-order valence-electron chi connectivity index (χ4n) is 1.72. The second-order valence-electron chi connectivity index (χ2n) is 5.37. The van der Waals surface area contributed by atoms with E-state index in [1.54, 1.807) is 0 Å². The monoisotopic (exact) mass is 221 g/mol. The first-order valence-corrected chi connectivity index (χ1v) is 5.73. The van der Waals surface area contributed by atoms with E-state index < -0.39 is 0 Å². The molecule has 1 aromatic heterocycles. The van der Waals surface area contributed by atoms with Crippen LogP contribution in [0.4, 0.5) is 0 Å². The summed E-state index contributed by atoms with van der Waals surface area (Å²) in [4.78, 5) is 6.67. The Hall–Kier alpha value is -0.930. The molecule has 0 spiro atoms. The summed E-state index contributed by atoms with van der Waals surface area (Å²) in [5.74, 6) is 0. The fourth-order valence-corrected chi connectivity index (χ4v) is 1.72. The summed E-state index contributed by atoms with van der Waals surface area (Å²) >= 11 is 0. The Morgan fingerprint density at radius 1 is 1.38 bits per heavy atom. The van der Waals surface area contributed by atoms with E-state index in [0.29, 0.717) is 6.54 Å². The SMILES string of the molecule is Cc1ccc(CN(C)CC(C)(C)CN)nc1. The minimum absolute atomic E-state index is 0.166. The number of aryl methyl sites for hydroxylation is 1. The molecule has 90 valence electrons. The number of nitrogens with zero attached hydrogens (tertiary/aromatic N) is 2. The van der Waals surface area contributed by atoms with Gasteiger partial charge in [-0.25, -0.2) is 0 Å². The summed E-state index contributed by atoms with van der Waals surface area (Å²) in [6, 6.07) is 4.19. The van der Waals surface area contributed by atoms with Gasteiger partial charge >= 0.3 is 0 Å². The van der Waals surface area contributed by atoms with Crippen LogP contribution < -0.4 is 5.73 Å². The zero-order valence-electron chi connectivity index (χ0n) is 10.8. The second kappa shape index (κ2) is 5.41. The molecule has 0 aliphatic carbocycles. The highest BCUT2D eigenvalue weighted by Crippen LogP contribution is 2.15. The van der Waals surface area contributed by atoms with Crippen LogP contribution in [0.2, 0.25) is 0 Å². The van der Waals surface area contributed by atoms with Crippen molar-refractivity contribution >= 4 is 0 Å². The van der Waals surface area contributed by atoms with Gasteiger partial charge in [-0.05, 0) is 37.6 Å². The summed E-state index contributed by atoms with van der Waals surface area (Å²) in [6.07, 6.45) is 1.91. The normalized spacial score (nSPS) is 12.1. The number of hydrogen-bond acceptors (Lipinski definition) is 3. The molecule has 0 aliphatic rings. The Morgan fingerprint density at radius 2 is 2.06 bits per heavy atom. The molecule has 0 saturated carbocycles. The van der Waals surface area contributed by atoms with Crippen LogP contribution in [0.5, 0.6) is 0 Å². The van der Waals surface area contributed by atoms with E-state index in [2.05, 4.69) is 49.8 Å². The maximum Gasteiger partial charge on any atom is 0.0544 e. The third-order valence-corrected chi connectivity index (χ3v) is 2.66. The van der Waals surface area contributed by atoms with Gasteiger partial charge in [0.25, 0.3) is 0 Å². The summed E-state index contributed by atoms with van der Waals surface area (Å²) < 4.78 is 0. The van der Waals surface area contributed by atoms with Crippen LogP contribution in [0.25, 0.3) is 0 Å². The average molecular weight is 221 g/mol. The van der Waals surface area contributed by atoms with Gasteiger partial charge < -0.3 is 5.73 Å². The molecule has 0 unspecified atom stereocenters. The van der Waals surface area contributed by atoms with E-state index >= 15 is 0 Å². The Morgan fingerprint density at radius 3 is 2.56 bits per heavy atom. The van der Waals surface area contributed by atoms with E-state index in [1.807, 2.05) is 6.20 Å². The standard InChI is InChI=1S/C13H23N3/c1-11-5-6-12(15-7-11)8-16(4)10-13(2,3)9-14/h5-7H,8-10,14H2,1-4H3. The van der Waals surface area contributed by atoms with Crippen molar-refractivity contribution in [3.05, 3.63) is 29.6 Å². The Labute approximate surface area is 98.7 Å². The predicted molar refractivity (Wildman–Crippen MR) is 68.1 cm³/mol. The summed E-state index contributed by atoms with van der Waals surface area (Å²) in [6.45, 7) is 9.00. The zero-order chi connectivity index (χ0) is 12.2. The quantitative estimate of drug-likeness (QED) is 0.824. The molecule has 0 aliphatic heterocycles. The number of pyridine rings is 1. The Kier molecular flexibility index (Phi) is 4.44. The minimum Gasteiger partial charge on any atom is -0.330 e. The first-order valence-electron chi connectivity index (χ1n) is 5.73. The number of aromatic nitrogens is 1. The van der Waals surface area contributed by atoms with Crippen molar-refractivity contribution in [1.82, 2.24) is 9.88 Å². The average Bonchev–Trinajstić information content (AvgIpc) is 2.21. The lowest BCUT2D eigenvalue weighted by Gasteiger charge is -2.28. The van der Waals surface area contributed by atoms with Gasteiger partial charge in [-0.2, -0.15) is 0 Å². The molecule has 3 nitrogen and oxygen atoms in total. The van der Waals surface area contributed by atoms with Crippen molar-refractivity contribution in [2.75, 3.05) is 20.1 Å². The van der Waals surface area contributed by atoms with Crippen molar-refractivity contribution in [1.29, 1.82) is 0 Å². The molecule has 0 atom stereocenters. The van der Waals surface area contributed by atoms with Crippen molar-refractivity contribution in [3.63, 3.8) is 0 Å². The number of rotatable bonds is 5. The highest BCUT2D eigenvalue weighted by molar-refractivity contribution is 5.12. The third-order valence-electron chi connectivity index (χ3n) is 2.66. The van der Waals surface area contributed by atoms with Gasteiger partial charge in [0.2, 0.25) is 0 Å². The number of nitrogens with two attached hydrogens (primary N) is 1. The first-order chi connectivity index (χ1) is 7.43. The molecule has 0 amide bonds. The molecular weight excluding hydrogens is 198 g/mol. The van der Waals surface area contributed by atoms with Crippen molar-refractivity contribution in [2.45, 2.75) is 27.3 Å². The summed E-state index contributed by atoms with van der Waals surface area (Å²) in [7, 11) is 2.11. The predicted octanol–water partition coefficient (Wildman–Crippen LogP) is 1.81. The lowest BCUT2D eigenvalue weighted by Crippen LogP contribution is -2.36. The molecule has 1 aromatic rings. The van der Waals surface area contributed by atoms with E-state index in [1.165, 1.54) is 5.56 Å². The fraction of sp³-hybridized carbons (Fsp3) is 0.615. The highest BCUT2D eigenvalue weighted by atomic mass is 15.1. The third kappa shape index (κ3) is 4.29. The van der Waals surface area contributed by atoms with Crippen LogP contribution >= 0.6 is 0 Å². The molecular formula is C13H23N3. The minimum atomic E-state index is 0.166. The zero-order valence-corrected chi connectivity index (χ0v) is 10.8. The van der Waals surface area contributed by atoms with Gasteiger partial charge in [-0.1, -0.05) is 19.9 Å². The van der Waals surface area contributed by atoms with Crippen LogP contribution in [0.1, 0.15) is 25.1 Å². The lowest BCUT2D eigenvalue weighted by molar-refractivity contribution is 0.208. The van der Waals surface area contributed by atoms with E-state index in [-0.39, 0.29) is 5.41 Å². The molecule has 0 aromatic carbocycles. The van der Waals surface area contributed by atoms with Crippen LogP contribution in [-0.2, 0) is 6.54 Å². The van der Waals surface area contributed by atoms with E-state index in [4.69, 9.17) is 5.73 Å². The smallest absolute Gasteiger partial charge is 0.0544 e. The van der Waals surface area contributed by atoms with Crippen LogP contribution in [0.15, 0.2) is 18.3 Å². The van der Waals surface area contributed by atoms with Crippen molar-refractivity contribution < 1.29 is 0 Å². The molecule has 16 heavy (non-hydrogen) atoms. The Balaban J connectivity index is 2.51.